The predicted octanol–water partition coefficient (Wildman–Crippen LogP) is 2.70. The lowest BCUT2D eigenvalue weighted by atomic mass is 10.2. The lowest BCUT2D eigenvalue weighted by molar-refractivity contribution is 0.597. The minimum atomic E-state index is -3.61. The molecule has 19 heavy (non-hydrogen) atoms. The summed E-state index contributed by atoms with van der Waals surface area (Å²) in [5.74, 6) is 0. The fourth-order valence-corrected chi connectivity index (χ4v) is 3.38. The third-order valence-corrected chi connectivity index (χ3v) is 4.81. The van der Waals surface area contributed by atoms with Crippen molar-refractivity contribution in [3.05, 3.63) is 54.3 Å². The molecule has 1 aromatic carbocycles. The summed E-state index contributed by atoms with van der Waals surface area (Å²) in [5, 5.41) is 0.443. The third kappa shape index (κ3) is 1.92. The van der Waals surface area contributed by atoms with Crippen molar-refractivity contribution in [1.82, 2.24) is 9.97 Å². The first-order chi connectivity index (χ1) is 9.48. The van der Waals surface area contributed by atoms with Crippen LogP contribution in [0.2, 0.25) is 0 Å². The summed E-state index contributed by atoms with van der Waals surface area (Å²) in [6.45, 7) is 1.90. The van der Waals surface area contributed by atoms with Gasteiger partial charge in [-0.05, 0) is 31.2 Å². The zero-order chi connectivity index (χ0) is 14.3. The lowest BCUT2D eigenvalue weighted by Gasteiger charge is -2.06. The van der Waals surface area contributed by atoms with E-state index in [1.54, 1.807) is 24.3 Å². The van der Waals surface area contributed by atoms with Gasteiger partial charge in [0.05, 0.1) is 11.2 Å². The van der Waals surface area contributed by atoms with Crippen LogP contribution >= 0.6 is 0 Å². The largest absolute Gasteiger partial charge is 0.346 e. The van der Waals surface area contributed by atoms with Crippen LogP contribution in [0.25, 0.3) is 11.0 Å². The summed E-state index contributed by atoms with van der Waals surface area (Å²) in [6.07, 6.45) is 1.57. The van der Waals surface area contributed by atoms with Gasteiger partial charge in [0.1, 0.15) is 5.65 Å². The first-order valence-corrected chi connectivity index (χ1v) is 7.23. The monoisotopic (exact) mass is 273 g/mol. The first-order valence-electron chi connectivity index (χ1n) is 6.24. The molecule has 1 N–H and O–H groups in total. The van der Waals surface area contributed by atoms with E-state index in [0.29, 0.717) is 11.0 Å². The topological polar surface area (TPSA) is 62.8 Å². The van der Waals surface area contributed by atoms with E-state index in [1.807, 2.05) is 6.92 Å². The van der Waals surface area contributed by atoms with Crippen LogP contribution in [0, 0.1) is 6.92 Å². The molecular weight excluding hydrogens is 260 g/mol. The third-order valence-electron chi connectivity index (χ3n) is 2.98. The lowest BCUT2D eigenvalue weighted by Crippen LogP contribution is -2.02. The van der Waals surface area contributed by atoms with E-state index in [0.717, 1.165) is 5.56 Å². The van der Waals surface area contributed by atoms with Crippen molar-refractivity contribution in [3.8, 4) is 0 Å². The number of benzene rings is 1. The smallest absolute Gasteiger partial charge is 0.207 e. The van der Waals surface area contributed by atoms with Crippen LogP contribution in [0.15, 0.2) is 58.6 Å². The molecule has 0 aliphatic carbocycles. The van der Waals surface area contributed by atoms with E-state index in [9.17, 15) is 8.42 Å². The second-order valence-corrected chi connectivity index (χ2v) is 6.22. The Bertz CT molecular complexity index is 883. The van der Waals surface area contributed by atoms with Gasteiger partial charge in [0, 0.05) is 17.8 Å². The molecule has 3 aromatic rings. The maximum atomic E-state index is 12.7. The van der Waals surface area contributed by atoms with Gasteiger partial charge in [-0.3, -0.25) is 0 Å². The van der Waals surface area contributed by atoms with E-state index in [2.05, 4.69) is 9.97 Å². The molecule has 0 bridgehead atoms. The molecule has 96 valence electrons. The number of nitrogens with one attached hydrogen (secondary N) is 1. The number of hydrogen-bond donors (Lipinski definition) is 1. The number of aromatic amines is 1. The molecule has 2 aromatic heterocycles. The molecule has 0 aliphatic rings. The molecule has 0 radical (unpaired) electrons. The Balaban J connectivity index is 2.26. The average molecular weight is 273 g/mol. The summed E-state index contributed by atoms with van der Waals surface area (Å²) in [4.78, 5) is 7.17. The molecule has 0 saturated carbocycles. The maximum absolute atomic E-state index is 12.7. The van der Waals surface area contributed by atoms with Gasteiger partial charge in [0.25, 0.3) is 0 Å². The number of fused-ring (bicyclic) bond motifs is 1. The summed E-state index contributed by atoms with van der Waals surface area (Å²) in [5.41, 5.74) is 1.40. The van der Waals surface area contributed by atoms with Gasteiger partial charge >= 0.3 is 0 Å². The summed E-state index contributed by atoms with van der Waals surface area (Å²) in [7, 11) is -3.61. The highest BCUT2D eigenvalue weighted by Crippen LogP contribution is 2.26. The van der Waals surface area contributed by atoms with Crippen LogP contribution in [-0.4, -0.2) is 18.4 Å². The highest BCUT2D eigenvalue weighted by Gasteiger charge is 2.20. The Labute approximate surface area is 112 Å². The van der Waals surface area contributed by atoms with Gasteiger partial charge in [-0.1, -0.05) is 17.7 Å². The fourth-order valence-electron chi connectivity index (χ4n) is 1.95. The maximum Gasteiger partial charge on any atom is 0.207 e. The van der Waals surface area contributed by atoms with Crippen LogP contribution in [0.3, 0.4) is 0 Å². The van der Waals surface area contributed by atoms with Crippen molar-refractivity contribution >= 4 is 20.9 Å². The van der Waals surface area contributed by atoms with Gasteiger partial charge in [-0.15, -0.1) is 0 Å². The number of aromatic nitrogens is 2. The standard InChI is InChI=1S/C14H12N2O2S/c1-10-2-4-11(5-3-10)19(17,18)13-7-9-16-14-12(13)6-8-15-14/h2-9H,1H3,(H,15,16)/i8D. The Morgan fingerprint density at radius 1 is 1.16 bits per heavy atom. The second-order valence-electron chi connectivity index (χ2n) is 4.30. The van der Waals surface area contributed by atoms with Crippen LogP contribution in [0.5, 0.6) is 0 Å². The molecule has 5 heteroatoms. The Morgan fingerprint density at radius 2 is 1.89 bits per heavy atom. The summed E-state index contributed by atoms with van der Waals surface area (Å²) in [6, 6.07) is 9.64. The molecule has 0 spiro atoms. The highest BCUT2D eigenvalue weighted by molar-refractivity contribution is 7.91. The highest BCUT2D eigenvalue weighted by atomic mass is 32.2. The van der Waals surface area contributed by atoms with Crippen LogP contribution in [0.4, 0.5) is 0 Å². The number of H-pyrrole nitrogens is 1. The van der Waals surface area contributed by atoms with Gasteiger partial charge in [0.2, 0.25) is 9.84 Å². The van der Waals surface area contributed by atoms with Crippen molar-refractivity contribution < 1.29 is 9.79 Å². The molecule has 2 heterocycles. The van der Waals surface area contributed by atoms with Crippen molar-refractivity contribution in [2.24, 2.45) is 0 Å². The molecule has 0 amide bonds. The Hall–Kier alpha value is -2.14. The molecule has 3 rings (SSSR count). The van der Waals surface area contributed by atoms with E-state index >= 15 is 0 Å². The molecular formula is C14H12N2O2S. The van der Waals surface area contributed by atoms with Crippen LogP contribution in [0.1, 0.15) is 6.93 Å². The summed E-state index contributed by atoms with van der Waals surface area (Å²) < 4.78 is 32.9. The average Bonchev–Trinajstić information content (AvgIpc) is 2.78. The van der Waals surface area contributed by atoms with Gasteiger partial charge in [-0.25, -0.2) is 13.4 Å². The van der Waals surface area contributed by atoms with Crippen molar-refractivity contribution in [1.29, 1.82) is 0 Å². The Kier molecular flexibility index (Phi) is 2.38. The molecule has 0 unspecified atom stereocenters. The number of aryl methyl sites for hydroxylation is 1. The molecule has 4 nitrogen and oxygen atoms in total. The normalized spacial score (nSPS) is 12.6. The SMILES string of the molecule is [2H]c1cc2c(S(=O)(=O)c3ccc(C)cc3)ccnc2[nH]1. The first kappa shape index (κ1) is 10.8. The van der Waals surface area contributed by atoms with Gasteiger partial charge in [-0.2, -0.15) is 0 Å². The zero-order valence-corrected chi connectivity index (χ0v) is 11.0. The molecule has 0 saturated heterocycles. The van der Waals surface area contributed by atoms with Crippen molar-refractivity contribution in [2.45, 2.75) is 16.7 Å². The van der Waals surface area contributed by atoms with Gasteiger partial charge in [0.15, 0.2) is 0 Å². The zero-order valence-electron chi connectivity index (χ0n) is 11.2. The van der Waals surface area contributed by atoms with E-state index < -0.39 is 9.84 Å². The van der Waals surface area contributed by atoms with Crippen molar-refractivity contribution in [3.63, 3.8) is 0 Å². The number of hydrogen-bond acceptors (Lipinski definition) is 3. The molecule has 0 fully saturated rings. The number of sulfone groups is 1. The minimum Gasteiger partial charge on any atom is -0.346 e. The number of rotatable bonds is 2. The van der Waals surface area contributed by atoms with E-state index in [1.165, 1.54) is 18.3 Å². The van der Waals surface area contributed by atoms with E-state index in [-0.39, 0.29) is 16.0 Å². The minimum absolute atomic E-state index is 0.138. The second kappa shape index (κ2) is 4.20. The number of pyridine rings is 1. The molecule has 0 atom stereocenters. The van der Waals surface area contributed by atoms with Gasteiger partial charge < -0.3 is 4.98 Å². The van der Waals surface area contributed by atoms with Crippen molar-refractivity contribution in [2.75, 3.05) is 0 Å². The number of nitrogens with zero attached hydrogens (tertiary/aromatic N) is 1. The fraction of sp³-hybridized carbons (Fsp3) is 0.0714. The summed E-state index contributed by atoms with van der Waals surface area (Å²) >= 11 is 0. The molecule has 0 aliphatic heterocycles. The predicted molar refractivity (Wildman–Crippen MR) is 72.7 cm³/mol. The Morgan fingerprint density at radius 3 is 2.63 bits per heavy atom. The quantitative estimate of drug-likeness (QED) is 0.780. The van der Waals surface area contributed by atoms with Crippen LogP contribution < -0.4 is 0 Å². The van der Waals surface area contributed by atoms with E-state index in [4.69, 9.17) is 1.37 Å². The van der Waals surface area contributed by atoms with Crippen LogP contribution in [-0.2, 0) is 9.84 Å².